The third kappa shape index (κ3) is 5.90. The number of rotatable bonds is 6. The summed E-state index contributed by atoms with van der Waals surface area (Å²) in [4.78, 5) is 25.1. The van der Waals surface area contributed by atoms with E-state index in [9.17, 15) is 18.0 Å². The highest BCUT2D eigenvalue weighted by Gasteiger charge is 2.41. The number of amides is 1. The molecule has 208 valence electrons. The van der Waals surface area contributed by atoms with Gasteiger partial charge in [0, 0.05) is 50.0 Å². The molecule has 1 fully saturated rings. The van der Waals surface area contributed by atoms with Crippen LogP contribution >= 0.6 is 0 Å². The Labute approximate surface area is 224 Å². The number of nitrogens with zero attached hydrogens (tertiary/aromatic N) is 5. The summed E-state index contributed by atoms with van der Waals surface area (Å²) in [7, 11) is 3.67. The zero-order valence-corrected chi connectivity index (χ0v) is 21.9. The van der Waals surface area contributed by atoms with Crippen LogP contribution in [0.4, 0.5) is 24.5 Å². The molecule has 0 radical (unpaired) electrons. The number of alkyl halides is 3. The number of nitrogens with one attached hydrogen (secondary N) is 1. The van der Waals surface area contributed by atoms with Gasteiger partial charge in [-0.3, -0.25) is 9.59 Å². The lowest BCUT2D eigenvalue weighted by Crippen LogP contribution is -2.33. The Morgan fingerprint density at radius 2 is 2.03 bits per heavy atom. The molecular weight excluding hydrogens is 513 g/mol. The second-order valence-corrected chi connectivity index (χ2v) is 9.83. The summed E-state index contributed by atoms with van der Waals surface area (Å²) in [6, 6.07) is 10.3. The molecule has 1 amide bonds. The molecule has 2 atom stereocenters. The molecule has 2 aromatic carbocycles. The van der Waals surface area contributed by atoms with Crippen molar-refractivity contribution in [3.05, 3.63) is 70.8 Å². The minimum Gasteiger partial charge on any atom is -0.483 e. The van der Waals surface area contributed by atoms with Crippen molar-refractivity contribution in [2.24, 2.45) is 7.05 Å². The van der Waals surface area contributed by atoms with Gasteiger partial charge in [-0.15, -0.1) is 10.2 Å². The normalized spacial score (nSPS) is 17.4. The van der Waals surface area contributed by atoms with E-state index in [1.54, 1.807) is 25.5 Å². The summed E-state index contributed by atoms with van der Waals surface area (Å²) in [5.74, 6) is 0.508. The molecule has 2 N–H and O–H groups in total. The fourth-order valence-electron chi connectivity index (χ4n) is 5.12. The molecule has 0 saturated carbocycles. The van der Waals surface area contributed by atoms with E-state index in [0.29, 0.717) is 24.3 Å². The number of aromatic nitrogens is 3. The Balaban J connectivity index is 0.00000112. The van der Waals surface area contributed by atoms with Crippen LogP contribution in [-0.4, -0.2) is 58.4 Å². The number of aryl methyl sites for hydroxylation is 1. The van der Waals surface area contributed by atoms with Gasteiger partial charge >= 0.3 is 6.18 Å². The van der Waals surface area contributed by atoms with E-state index < -0.39 is 17.6 Å². The molecule has 1 saturated heterocycles. The summed E-state index contributed by atoms with van der Waals surface area (Å²) in [5, 5.41) is 18.2. The van der Waals surface area contributed by atoms with Crippen molar-refractivity contribution in [1.82, 2.24) is 20.1 Å². The highest BCUT2D eigenvalue weighted by atomic mass is 19.4. The van der Waals surface area contributed by atoms with Crippen molar-refractivity contribution in [3.63, 3.8) is 0 Å². The zero-order chi connectivity index (χ0) is 28.3. The minimum atomic E-state index is -4.56. The smallest absolute Gasteiger partial charge is 0.416 e. The number of hydrogen-bond donors (Lipinski definition) is 2. The van der Waals surface area contributed by atoms with E-state index in [4.69, 9.17) is 9.90 Å². The number of benzene rings is 2. The monoisotopic (exact) mass is 544 g/mol. The fraction of sp³-hybridized carbons (Fsp3) is 0.407. The minimum absolute atomic E-state index is 0.0340. The van der Waals surface area contributed by atoms with Crippen molar-refractivity contribution in [3.8, 4) is 0 Å². The van der Waals surface area contributed by atoms with E-state index >= 15 is 0 Å². The van der Waals surface area contributed by atoms with Crippen LogP contribution in [0, 0.1) is 0 Å². The predicted octanol–water partition coefficient (Wildman–Crippen LogP) is 3.84. The maximum Gasteiger partial charge on any atom is 0.416 e. The lowest BCUT2D eigenvalue weighted by molar-refractivity contribution is -0.138. The molecule has 2 aliphatic heterocycles. The molecule has 3 heterocycles. The molecule has 5 rings (SSSR count). The highest BCUT2D eigenvalue weighted by Crippen LogP contribution is 2.41. The number of carbonyl (C=O) groups excluding carboxylic acids is 1. The van der Waals surface area contributed by atoms with Crippen molar-refractivity contribution in [2.45, 2.75) is 44.4 Å². The van der Waals surface area contributed by atoms with Gasteiger partial charge in [0.25, 0.3) is 12.4 Å². The average molecular weight is 545 g/mol. The first-order chi connectivity index (χ1) is 18.5. The summed E-state index contributed by atoms with van der Waals surface area (Å²) in [5.41, 5.74) is 1.39. The first-order valence-corrected chi connectivity index (χ1v) is 12.5. The van der Waals surface area contributed by atoms with Gasteiger partial charge in [0.2, 0.25) is 0 Å². The van der Waals surface area contributed by atoms with Gasteiger partial charge in [0.1, 0.15) is 12.2 Å². The van der Waals surface area contributed by atoms with E-state index in [2.05, 4.69) is 22.4 Å². The third-order valence-corrected chi connectivity index (χ3v) is 7.37. The molecule has 2 aliphatic rings. The van der Waals surface area contributed by atoms with E-state index in [-0.39, 0.29) is 36.1 Å². The van der Waals surface area contributed by atoms with E-state index in [1.165, 1.54) is 11.0 Å². The van der Waals surface area contributed by atoms with Crippen LogP contribution in [-0.2, 0) is 31.0 Å². The maximum absolute atomic E-state index is 14.1. The molecule has 39 heavy (non-hydrogen) atoms. The van der Waals surface area contributed by atoms with Crippen LogP contribution in [0.25, 0.3) is 0 Å². The molecule has 3 aromatic rings. The molecule has 12 heteroatoms. The van der Waals surface area contributed by atoms with Crippen LogP contribution in [0.2, 0.25) is 0 Å². The van der Waals surface area contributed by atoms with Gasteiger partial charge in [-0.25, -0.2) is 0 Å². The Bertz CT molecular complexity index is 1340. The van der Waals surface area contributed by atoms with Crippen LogP contribution < -0.4 is 15.1 Å². The SMILES string of the molecule is CC(Cc1nncn1C)c1cccc(N2Cc3c(cc(N(C)[C@H]4CCNC4)cc3C(F)(F)F)C2=O)c1.O=CO. The molecular formula is C27H31F3N6O3. The Hall–Kier alpha value is -3.93. The van der Waals surface area contributed by atoms with E-state index in [1.807, 2.05) is 34.7 Å². The van der Waals surface area contributed by atoms with Gasteiger partial charge in [-0.2, -0.15) is 13.2 Å². The number of anilines is 2. The van der Waals surface area contributed by atoms with Crippen LogP contribution in [0.1, 0.15) is 52.1 Å². The van der Waals surface area contributed by atoms with Crippen molar-refractivity contribution < 1.29 is 27.9 Å². The first-order valence-electron chi connectivity index (χ1n) is 12.5. The molecule has 1 unspecified atom stereocenters. The number of fused-ring (bicyclic) bond motifs is 1. The number of carboxylic acid groups (broad SMARTS) is 1. The molecule has 9 nitrogen and oxygen atoms in total. The largest absolute Gasteiger partial charge is 0.483 e. The number of halogens is 3. The summed E-state index contributed by atoms with van der Waals surface area (Å²) in [6.45, 7) is 3.22. The number of likely N-dealkylation sites (N-methyl/N-ethyl adjacent to an activating group) is 1. The Morgan fingerprint density at radius 3 is 2.64 bits per heavy atom. The summed E-state index contributed by atoms with van der Waals surface area (Å²) in [6.07, 6.45) is -1.42. The van der Waals surface area contributed by atoms with Gasteiger partial charge in [-0.1, -0.05) is 19.1 Å². The predicted molar refractivity (Wildman–Crippen MR) is 140 cm³/mol. The Kier molecular flexibility index (Phi) is 8.24. The summed E-state index contributed by atoms with van der Waals surface area (Å²) < 4.78 is 44.2. The quantitative estimate of drug-likeness (QED) is 0.455. The molecule has 0 spiro atoms. The fourth-order valence-corrected chi connectivity index (χ4v) is 5.12. The van der Waals surface area contributed by atoms with Crippen molar-refractivity contribution in [2.75, 3.05) is 29.9 Å². The Morgan fingerprint density at radius 1 is 1.28 bits per heavy atom. The van der Waals surface area contributed by atoms with Crippen LogP contribution in [0.3, 0.4) is 0 Å². The molecule has 1 aromatic heterocycles. The lowest BCUT2D eigenvalue weighted by atomic mass is 9.97. The first kappa shape index (κ1) is 28.1. The molecule has 0 bridgehead atoms. The van der Waals surface area contributed by atoms with Gasteiger partial charge in [-0.05, 0) is 54.3 Å². The standard InChI is InChI=1S/C26H29F3N6O.CH2O2/c1-16(9-24-32-31-15-33(24)2)17-5-4-6-18(10-17)35-14-22-21(25(35)36)11-20(12-23(22)26(27,28)29)34(3)19-7-8-30-13-19;2-1-3/h4-6,10-12,15-16,19,30H,7-9,13-14H2,1-3H3;1H,(H,2,3)/t16?,19-;/m0./s1. The topological polar surface area (TPSA) is 104 Å². The number of carbonyl (C=O) groups is 2. The second-order valence-electron chi connectivity index (χ2n) is 9.83. The van der Waals surface area contributed by atoms with Crippen molar-refractivity contribution >= 4 is 23.8 Å². The third-order valence-electron chi connectivity index (χ3n) is 7.37. The van der Waals surface area contributed by atoms with Gasteiger partial charge < -0.3 is 24.8 Å². The van der Waals surface area contributed by atoms with E-state index in [0.717, 1.165) is 24.4 Å². The van der Waals surface area contributed by atoms with Crippen LogP contribution in [0.5, 0.6) is 0 Å². The average Bonchev–Trinajstić information content (AvgIpc) is 3.65. The van der Waals surface area contributed by atoms with Gasteiger partial charge in [0.15, 0.2) is 0 Å². The zero-order valence-electron chi connectivity index (χ0n) is 21.9. The molecule has 0 aliphatic carbocycles. The van der Waals surface area contributed by atoms with Crippen LogP contribution in [0.15, 0.2) is 42.7 Å². The second kappa shape index (κ2) is 11.4. The lowest BCUT2D eigenvalue weighted by Gasteiger charge is -2.27. The maximum atomic E-state index is 14.1. The summed E-state index contributed by atoms with van der Waals surface area (Å²) >= 11 is 0. The number of hydrogen-bond acceptors (Lipinski definition) is 6. The highest BCUT2D eigenvalue weighted by molar-refractivity contribution is 6.11. The van der Waals surface area contributed by atoms with Crippen molar-refractivity contribution in [1.29, 1.82) is 0 Å². The van der Waals surface area contributed by atoms with Gasteiger partial charge in [0.05, 0.1) is 12.1 Å².